The van der Waals surface area contributed by atoms with Crippen molar-refractivity contribution in [1.29, 1.82) is 5.26 Å². The molecule has 0 aliphatic carbocycles. The van der Waals surface area contributed by atoms with E-state index >= 15 is 0 Å². The van der Waals surface area contributed by atoms with Crippen LogP contribution in [-0.4, -0.2) is 47.5 Å². The quantitative estimate of drug-likeness (QED) is 0.0855. The minimum Gasteiger partial charge on any atom is -0.458 e. The third-order valence-corrected chi connectivity index (χ3v) is 7.77. The van der Waals surface area contributed by atoms with Crippen LogP contribution < -0.4 is 0 Å². The van der Waals surface area contributed by atoms with E-state index in [1.807, 2.05) is 67.6 Å². The molecule has 0 fully saturated rings. The van der Waals surface area contributed by atoms with Gasteiger partial charge in [0.05, 0.1) is 30.2 Å². The Labute approximate surface area is 234 Å². The van der Waals surface area contributed by atoms with Crippen LogP contribution in [0.5, 0.6) is 0 Å². The number of benzene rings is 2. The Morgan fingerprint density at radius 2 is 1.92 bits per heavy atom. The standard InChI is InChI=1S/C31H34N2O3S2/c1-4-6-17-37-21-26(20-35-16-5-2)36-30(34)22-38-31-28(19-32)27(24-10-8-7-9-11-24)18-29(33-31)25-14-12-23(3)13-15-25/h5,7-15,18,26H,2,4,6,16-17,20-22H2,1,3H3. The van der Waals surface area contributed by atoms with E-state index in [0.29, 0.717) is 29.6 Å². The number of aromatic nitrogens is 1. The highest BCUT2D eigenvalue weighted by atomic mass is 32.2. The summed E-state index contributed by atoms with van der Waals surface area (Å²) in [6.07, 6.45) is 3.59. The lowest BCUT2D eigenvalue weighted by molar-refractivity contribution is -0.147. The monoisotopic (exact) mass is 546 g/mol. The predicted molar refractivity (Wildman–Crippen MR) is 158 cm³/mol. The molecule has 1 heterocycles. The third kappa shape index (κ3) is 9.05. The molecule has 0 amide bonds. The third-order valence-electron chi connectivity index (χ3n) is 5.64. The Hall–Kier alpha value is -3.05. The van der Waals surface area contributed by atoms with E-state index in [-0.39, 0.29) is 17.8 Å². The normalized spacial score (nSPS) is 11.5. The number of esters is 1. The van der Waals surface area contributed by atoms with Gasteiger partial charge in [-0.3, -0.25) is 4.79 Å². The molecule has 3 rings (SSSR count). The lowest BCUT2D eigenvalue weighted by atomic mass is 9.99. The van der Waals surface area contributed by atoms with E-state index < -0.39 is 0 Å². The first-order valence-corrected chi connectivity index (χ1v) is 14.9. The summed E-state index contributed by atoms with van der Waals surface area (Å²) in [5.74, 6) is 1.39. The van der Waals surface area contributed by atoms with Gasteiger partial charge in [0, 0.05) is 16.9 Å². The van der Waals surface area contributed by atoms with E-state index in [4.69, 9.17) is 14.5 Å². The number of hydrogen-bond donors (Lipinski definition) is 0. The van der Waals surface area contributed by atoms with Crippen molar-refractivity contribution in [2.75, 3.05) is 30.5 Å². The predicted octanol–water partition coefficient (Wildman–Crippen LogP) is 7.34. The van der Waals surface area contributed by atoms with Crippen LogP contribution in [0.15, 0.2) is 78.3 Å². The fourth-order valence-corrected chi connectivity index (χ4v) is 5.53. The first-order valence-electron chi connectivity index (χ1n) is 12.7. The molecule has 3 aromatic rings. The maximum absolute atomic E-state index is 12.9. The van der Waals surface area contributed by atoms with Crippen molar-refractivity contribution < 1.29 is 14.3 Å². The average Bonchev–Trinajstić information content (AvgIpc) is 2.94. The first-order chi connectivity index (χ1) is 18.5. The van der Waals surface area contributed by atoms with E-state index in [1.54, 1.807) is 17.8 Å². The van der Waals surface area contributed by atoms with Gasteiger partial charge in [-0.2, -0.15) is 17.0 Å². The number of nitriles is 1. The molecule has 0 spiro atoms. The van der Waals surface area contributed by atoms with Crippen molar-refractivity contribution in [3.05, 3.63) is 84.4 Å². The smallest absolute Gasteiger partial charge is 0.316 e. The summed E-state index contributed by atoms with van der Waals surface area (Å²) in [5.41, 5.74) is 5.02. The molecule has 1 unspecified atom stereocenters. The zero-order valence-corrected chi connectivity index (χ0v) is 23.7. The second kappa shape index (κ2) is 16.0. The fraction of sp³-hybridized carbons (Fsp3) is 0.323. The number of hydrogen-bond acceptors (Lipinski definition) is 7. The lowest BCUT2D eigenvalue weighted by Crippen LogP contribution is -2.27. The Kier molecular flexibility index (Phi) is 12.4. The molecule has 2 aromatic carbocycles. The summed E-state index contributed by atoms with van der Waals surface area (Å²) >= 11 is 2.99. The summed E-state index contributed by atoms with van der Waals surface area (Å²) in [6, 6.07) is 22.2. The van der Waals surface area contributed by atoms with E-state index in [0.717, 1.165) is 46.5 Å². The Bertz CT molecular complexity index is 1220. The zero-order valence-electron chi connectivity index (χ0n) is 22.0. The van der Waals surface area contributed by atoms with Gasteiger partial charge in [-0.25, -0.2) is 4.98 Å². The first kappa shape index (κ1) is 29.5. The molecule has 7 heteroatoms. The van der Waals surface area contributed by atoms with Crippen LogP contribution in [0.4, 0.5) is 0 Å². The molecule has 0 bridgehead atoms. The average molecular weight is 547 g/mol. The Morgan fingerprint density at radius 1 is 1.16 bits per heavy atom. The zero-order chi connectivity index (χ0) is 27.2. The molecule has 198 valence electrons. The van der Waals surface area contributed by atoms with Crippen molar-refractivity contribution in [3.63, 3.8) is 0 Å². The van der Waals surface area contributed by atoms with Gasteiger partial charge in [0.1, 0.15) is 17.2 Å². The summed E-state index contributed by atoms with van der Waals surface area (Å²) < 4.78 is 11.3. The van der Waals surface area contributed by atoms with Crippen LogP contribution in [0.1, 0.15) is 30.9 Å². The van der Waals surface area contributed by atoms with E-state index in [9.17, 15) is 10.1 Å². The van der Waals surface area contributed by atoms with Crippen molar-refractivity contribution in [2.45, 2.75) is 37.8 Å². The fourth-order valence-electron chi connectivity index (χ4n) is 3.66. The minimum atomic E-state index is -0.356. The molecule has 0 radical (unpaired) electrons. The molecule has 38 heavy (non-hydrogen) atoms. The largest absolute Gasteiger partial charge is 0.458 e. The van der Waals surface area contributed by atoms with Gasteiger partial charge in [-0.15, -0.1) is 6.58 Å². The van der Waals surface area contributed by atoms with Gasteiger partial charge >= 0.3 is 5.97 Å². The number of unbranched alkanes of at least 4 members (excludes halogenated alkanes) is 1. The molecular weight excluding hydrogens is 512 g/mol. The molecule has 1 aromatic heterocycles. The van der Waals surface area contributed by atoms with Crippen LogP contribution in [0, 0.1) is 18.3 Å². The van der Waals surface area contributed by atoms with Gasteiger partial charge in [0.15, 0.2) is 0 Å². The molecule has 0 aliphatic heterocycles. The number of nitrogens with zero attached hydrogens (tertiary/aromatic N) is 2. The van der Waals surface area contributed by atoms with Gasteiger partial charge in [-0.05, 0) is 30.7 Å². The van der Waals surface area contributed by atoms with Gasteiger partial charge in [-0.1, -0.05) is 91.3 Å². The molecule has 5 nitrogen and oxygen atoms in total. The molecule has 0 N–H and O–H groups in total. The van der Waals surface area contributed by atoms with Crippen molar-refractivity contribution in [3.8, 4) is 28.5 Å². The number of carbonyl (C=O) groups excluding carboxylic acids is 1. The van der Waals surface area contributed by atoms with Crippen LogP contribution in [0.2, 0.25) is 0 Å². The number of pyridine rings is 1. The van der Waals surface area contributed by atoms with Gasteiger partial charge in [0.2, 0.25) is 0 Å². The molecule has 0 saturated heterocycles. The van der Waals surface area contributed by atoms with E-state index in [1.165, 1.54) is 11.8 Å². The summed E-state index contributed by atoms with van der Waals surface area (Å²) in [6.45, 7) is 8.60. The van der Waals surface area contributed by atoms with Crippen LogP contribution in [-0.2, 0) is 14.3 Å². The number of aryl methyl sites for hydroxylation is 1. The number of thioether (sulfide) groups is 2. The van der Waals surface area contributed by atoms with Crippen molar-refractivity contribution in [1.82, 2.24) is 4.98 Å². The second-order valence-electron chi connectivity index (χ2n) is 8.73. The SMILES string of the molecule is C=CCOCC(CSCCCC)OC(=O)CSc1nc(-c2ccc(C)cc2)cc(-c2ccccc2)c1C#N. The maximum Gasteiger partial charge on any atom is 0.316 e. The van der Waals surface area contributed by atoms with Crippen molar-refractivity contribution >= 4 is 29.5 Å². The second-order valence-corrected chi connectivity index (χ2v) is 10.8. The summed E-state index contributed by atoms with van der Waals surface area (Å²) in [4.78, 5) is 17.7. The van der Waals surface area contributed by atoms with Crippen molar-refractivity contribution in [2.24, 2.45) is 0 Å². The van der Waals surface area contributed by atoms with Crippen LogP contribution in [0.25, 0.3) is 22.4 Å². The minimum absolute atomic E-state index is 0.0465. The molecule has 0 saturated carbocycles. The molecule has 0 aliphatic rings. The highest BCUT2D eigenvalue weighted by molar-refractivity contribution is 8.00. The number of ether oxygens (including phenoxy) is 2. The highest BCUT2D eigenvalue weighted by Crippen LogP contribution is 2.34. The van der Waals surface area contributed by atoms with Gasteiger partial charge < -0.3 is 9.47 Å². The molecular formula is C31H34N2O3S2. The number of carbonyl (C=O) groups is 1. The Morgan fingerprint density at radius 3 is 2.61 bits per heavy atom. The summed E-state index contributed by atoms with van der Waals surface area (Å²) in [7, 11) is 0. The van der Waals surface area contributed by atoms with Crippen LogP contribution >= 0.6 is 23.5 Å². The summed E-state index contributed by atoms with van der Waals surface area (Å²) in [5, 5.41) is 10.6. The lowest BCUT2D eigenvalue weighted by Gasteiger charge is -2.18. The number of rotatable bonds is 15. The maximum atomic E-state index is 12.9. The molecule has 1 atom stereocenters. The van der Waals surface area contributed by atoms with Crippen LogP contribution in [0.3, 0.4) is 0 Å². The van der Waals surface area contributed by atoms with E-state index in [2.05, 4.69) is 19.6 Å². The topological polar surface area (TPSA) is 72.2 Å². The Balaban J connectivity index is 1.81. The highest BCUT2D eigenvalue weighted by Gasteiger charge is 2.19. The van der Waals surface area contributed by atoms with Gasteiger partial charge in [0.25, 0.3) is 0 Å².